The Hall–Kier alpha value is -1.43. The van der Waals surface area contributed by atoms with Gasteiger partial charge in [0.1, 0.15) is 10.7 Å². The third kappa shape index (κ3) is 3.76. The Kier molecular flexibility index (Phi) is 4.35. The monoisotopic (exact) mass is 287 g/mol. The lowest BCUT2D eigenvalue weighted by atomic mass is 9.89. The van der Waals surface area contributed by atoms with E-state index in [1.807, 2.05) is 6.92 Å². The van der Waals surface area contributed by atoms with Gasteiger partial charge in [-0.15, -0.1) is 0 Å². The highest BCUT2D eigenvalue weighted by atomic mass is 32.2. The summed E-state index contributed by atoms with van der Waals surface area (Å²) in [5, 5.41) is 2.58. The molecule has 0 aliphatic rings. The van der Waals surface area contributed by atoms with Gasteiger partial charge in [-0.05, 0) is 24.6 Å². The smallest absolute Gasteiger partial charge is 0.230 e. The highest BCUT2D eigenvalue weighted by Crippen LogP contribution is 2.24. The molecule has 0 fully saturated rings. The van der Waals surface area contributed by atoms with Crippen LogP contribution in [0.4, 0.5) is 10.1 Å². The minimum absolute atomic E-state index is 0.235. The Bertz CT molecular complexity index is 594. The van der Waals surface area contributed by atoms with Crippen LogP contribution in [0.5, 0.6) is 0 Å². The molecule has 0 heterocycles. The van der Waals surface area contributed by atoms with Gasteiger partial charge in [0.2, 0.25) is 5.91 Å². The van der Waals surface area contributed by atoms with Crippen LogP contribution in [-0.2, 0) is 14.6 Å². The molecule has 1 aromatic carbocycles. The van der Waals surface area contributed by atoms with Crippen LogP contribution in [0.1, 0.15) is 27.2 Å². The van der Waals surface area contributed by atoms with E-state index in [1.54, 1.807) is 13.8 Å². The van der Waals surface area contributed by atoms with E-state index in [-0.39, 0.29) is 16.5 Å². The van der Waals surface area contributed by atoms with E-state index in [4.69, 9.17) is 0 Å². The summed E-state index contributed by atoms with van der Waals surface area (Å²) in [6.07, 6.45) is 1.58. The lowest BCUT2D eigenvalue weighted by molar-refractivity contribution is -0.124. The van der Waals surface area contributed by atoms with Gasteiger partial charge < -0.3 is 5.32 Å². The molecule has 0 atom stereocenters. The summed E-state index contributed by atoms with van der Waals surface area (Å²) < 4.78 is 36.2. The minimum atomic E-state index is -3.60. The van der Waals surface area contributed by atoms with Crippen LogP contribution in [0.3, 0.4) is 0 Å². The van der Waals surface area contributed by atoms with E-state index < -0.39 is 21.1 Å². The molecule has 6 heteroatoms. The molecule has 4 nitrogen and oxygen atoms in total. The van der Waals surface area contributed by atoms with Gasteiger partial charge in [0.15, 0.2) is 9.84 Å². The van der Waals surface area contributed by atoms with Crippen molar-refractivity contribution in [2.75, 3.05) is 11.6 Å². The number of carbonyl (C=O) groups is 1. The van der Waals surface area contributed by atoms with Crippen molar-refractivity contribution in [2.45, 2.75) is 32.1 Å². The Balaban J connectivity index is 3.01. The van der Waals surface area contributed by atoms with Crippen LogP contribution in [-0.4, -0.2) is 20.6 Å². The van der Waals surface area contributed by atoms with Gasteiger partial charge in [-0.3, -0.25) is 4.79 Å². The average Bonchev–Trinajstić information content (AvgIpc) is 2.27. The summed E-state index contributed by atoms with van der Waals surface area (Å²) >= 11 is 0. The van der Waals surface area contributed by atoms with Crippen molar-refractivity contribution < 1.29 is 17.6 Å². The first-order chi connectivity index (χ1) is 8.58. The van der Waals surface area contributed by atoms with Gasteiger partial charge in [0.25, 0.3) is 0 Å². The Labute approximate surface area is 112 Å². The molecule has 0 spiro atoms. The quantitative estimate of drug-likeness (QED) is 0.925. The van der Waals surface area contributed by atoms with E-state index in [0.717, 1.165) is 18.4 Å². The van der Waals surface area contributed by atoms with Gasteiger partial charge in [0.05, 0.1) is 0 Å². The van der Waals surface area contributed by atoms with Crippen molar-refractivity contribution in [3.05, 3.63) is 24.0 Å². The van der Waals surface area contributed by atoms with Crippen LogP contribution >= 0.6 is 0 Å². The fourth-order valence-electron chi connectivity index (χ4n) is 1.34. The molecule has 1 aromatic rings. The van der Waals surface area contributed by atoms with Crippen LogP contribution in [0.25, 0.3) is 0 Å². The van der Waals surface area contributed by atoms with E-state index in [2.05, 4.69) is 5.32 Å². The standard InChI is InChI=1S/C13H18FNO3S/c1-5-13(2,3)12(16)15-9-6-7-11(10(14)8-9)19(4,17)18/h6-8H,5H2,1-4H3,(H,15,16). The minimum Gasteiger partial charge on any atom is -0.326 e. The first-order valence-electron chi connectivity index (χ1n) is 5.89. The molecule has 0 saturated heterocycles. The van der Waals surface area contributed by atoms with Gasteiger partial charge in [-0.1, -0.05) is 20.8 Å². The molecular weight excluding hydrogens is 269 g/mol. The molecule has 106 valence electrons. The first-order valence-corrected chi connectivity index (χ1v) is 7.78. The lowest BCUT2D eigenvalue weighted by Crippen LogP contribution is -2.30. The van der Waals surface area contributed by atoms with Crippen molar-refractivity contribution in [2.24, 2.45) is 5.41 Å². The zero-order valence-corrected chi connectivity index (χ0v) is 12.3. The molecule has 0 radical (unpaired) electrons. The van der Waals surface area contributed by atoms with Gasteiger partial charge in [0, 0.05) is 17.4 Å². The van der Waals surface area contributed by atoms with Gasteiger partial charge in [-0.2, -0.15) is 0 Å². The largest absolute Gasteiger partial charge is 0.326 e. The van der Waals surface area contributed by atoms with Crippen LogP contribution in [0.15, 0.2) is 23.1 Å². The van der Waals surface area contributed by atoms with Gasteiger partial charge in [-0.25, -0.2) is 12.8 Å². The molecule has 19 heavy (non-hydrogen) atoms. The summed E-state index contributed by atoms with van der Waals surface area (Å²) in [5.74, 6) is -1.10. The molecular formula is C13H18FNO3S. The Morgan fingerprint density at radius 2 is 1.95 bits per heavy atom. The summed E-state index contributed by atoms with van der Waals surface area (Å²) in [4.78, 5) is 11.5. The third-order valence-electron chi connectivity index (χ3n) is 3.09. The predicted molar refractivity (Wildman–Crippen MR) is 72.2 cm³/mol. The van der Waals surface area contributed by atoms with Crippen molar-refractivity contribution in [3.63, 3.8) is 0 Å². The first kappa shape index (κ1) is 15.6. The van der Waals surface area contributed by atoms with Gasteiger partial charge >= 0.3 is 0 Å². The summed E-state index contributed by atoms with van der Waals surface area (Å²) in [5.41, 5.74) is -0.317. The Morgan fingerprint density at radius 1 is 1.37 bits per heavy atom. The number of carbonyl (C=O) groups excluding carboxylic acids is 1. The number of halogens is 1. The molecule has 1 rings (SSSR count). The maximum atomic E-state index is 13.6. The molecule has 1 N–H and O–H groups in total. The fraction of sp³-hybridized carbons (Fsp3) is 0.462. The second-order valence-corrected chi connectivity index (χ2v) is 7.09. The predicted octanol–water partition coefficient (Wildman–Crippen LogP) is 2.60. The van der Waals surface area contributed by atoms with E-state index in [1.165, 1.54) is 6.07 Å². The number of sulfone groups is 1. The van der Waals surface area contributed by atoms with Crippen molar-refractivity contribution in [1.82, 2.24) is 0 Å². The summed E-state index contributed by atoms with van der Waals surface area (Å²) in [7, 11) is -3.60. The second-order valence-electron chi connectivity index (χ2n) is 5.11. The number of hydrogen-bond donors (Lipinski definition) is 1. The summed E-state index contributed by atoms with van der Waals surface area (Å²) in [6.45, 7) is 5.44. The molecule has 0 unspecified atom stereocenters. The fourth-order valence-corrected chi connectivity index (χ4v) is 2.07. The number of hydrogen-bond acceptors (Lipinski definition) is 3. The molecule has 0 bridgehead atoms. The summed E-state index contributed by atoms with van der Waals surface area (Å²) in [6, 6.07) is 3.54. The molecule has 0 saturated carbocycles. The second kappa shape index (κ2) is 5.28. The van der Waals surface area contributed by atoms with Crippen LogP contribution in [0, 0.1) is 11.2 Å². The van der Waals surface area contributed by atoms with Crippen molar-refractivity contribution >= 4 is 21.4 Å². The maximum Gasteiger partial charge on any atom is 0.230 e. The maximum absolute atomic E-state index is 13.6. The third-order valence-corrected chi connectivity index (χ3v) is 4.22. The van der Waals surface area contributed by atoms with E-state index >= 15 is 0 Å². The van der Waals surface area contributed by atoms with E-state index in [9.17, 15) is 17.6 Å². The average molecular weight is 287 g/mol. The number of benzene rings is 1. The molecule has 0 aliphatic heterocycles. The molecule has 0 aliphatic carbocycles. The lowest BCUT2D eigenvalue weighted by Gasteiger charge is -2.21. The zero-order valence-electron chi connectivity index (χ0n) is 11.5. The topological polar surface area (TPSA) is 63.2 Å². The molecule has 0 aromatic heterocycles. The van der Waals surface area contributed by atoms with Crippen molar-refractivity contribution in [1.29, 1.82) is 0 Å². The SMILES string of the molecule is CCC(C)(C)C(=O)Nc1ccc(S(C)(=O)=O)c(F)c1. The number of nitrogens with one attached hydrogen (secondary N) is 1. The number of anilines is 1. The van der Waals surface area contributed by atoms with Crippen molar-refractivity contribution in [3.8, 4) is 0 Å². The normalized spacial score (nSPS) is 12.3. The number of amides is 1. The van der Waals surface area contributed by atoms with Crippen LogP contribution < -0.4 is 5.32 Å². The van der Waals surface area contributed by atoms with Crippen LogP contribution in [0.2, 0.25) is 0 Å². The number of rotatable bonds is 4. The van der Waals surface area contributed by atoms with E-state index in [0.29, 0.717) is 6.42 Å². The highest BCUT2D eigenvalue weighted by molar-refractivity contribution is 7.90. The molecule has 1 amide bonds. The Morgan fingerprint density at radius 3 is 2.37 bits per heavy atom. The highest BCUT2D eigenvalue weighted by Gasteiger charge is 2.25. The zero-order chi connectivity index (χ0) is 14.8.